The van der Waals surface area contributed by atoms with Crippen molar-refractivity contribution in [2.24, 2.45) is 0 Å². The van der Waals surface area contributed by atoms with Crippen molar-refractivity contribution in [3.8, 4) is 56.4 Å². The van der Waals surface area contributed by atoms with Crippen molar-refractivity contribution >= 4 is 64.2 Å². The molecule has 0 aliphatic rings. The third kappa shape index (κ3) is 5.25. The zero-order valence-electron chi connectivity index (χ0n) is 28.9. The van der Waals surface area contributed by atoms with Gasteiger partial charge in [0.05, 0.1) is 0 Å². The molecule has 252 valence electrons. The zero-order chi connectivity index (χ0) is 35.6. The van der Waals surface area contributed by atoms with E-state index in [0.29, 0.717) is 17.5 Å². The van der Waals surface area contributed by atoms with E-state index < -0.39 is 0 Å². The molecular weight excluding hydrogens is 679 g/mol. The number of hydrogen-bond donors (Lipinski definition) is 0. The predicted octanol–water partition coefficient (Wildman–Crippen LogP) is 13.6. The Morgan fingerprint density at radius 1 is 0.315 bits per heavy atom. The van der Waals surface area contributed by atoms with Gasteiger partial charge in [-0.2, -0.15) is 0 Å². The summed E-state index contributed by atoms with van der Waals surface area (Å²) in [5.41, 5.74) is 9.10. The summed E-state index contributed by atoms with van der Waals surface area (Å²) in [4.78, 5) is 15.4. The molecule has 11 aromatic rings. The van der Waals surface area contributed by atoms with Crippen LogP contribution >= 0.6 is 11.3 Å². The van der Waals surface area contributed by atoms with Crippen molar-refractivity contribution < 1.29 is 4.42 Å². The predicted molar refractivity (Wildman–Crippen MR) is 225 cm³/mol. The molecule has 0 unspecified atom stereocenters. The number of furan rings is 1. The highest BCUT2D eigenvalue weighted by Crippen LogP contribution is 2.38. The molecule has 3 aromatic heterocycles. The van der Waals surface area contributed by atoms with Gasteiger partial charge in [0.15, 0.2) is 17.5 Å². The van der Waals surface area contributed by atoms with Crippen LogP contribution in [0.4, 0.5) is 0 Å². The van der Waals surface area contributed by atoms with Crippen LogP contribution in [-0.2, 0) is 0 Å². The van der Waals surface area contributed by atoms with Gasteiger partial charge >= 0.3 is 0 Å². The maximum Gasteiger partial charge on any atom is 0.164 e. The maximum atomic E-state index is 6.25. The molecule has 0 saturated heterocycles. The van der Waals surface area contributed by atoms with Crippen LogP contribution in [-0.4, -0.2) is 15.0 Å². The number of rotatable bonds is 5. The number of thiophene rings is 1. The number of fused-ring (bicyclic) bond motifs is 7. The highest BCUT2D eigenvalue weighted by molar-refractivity contribution is 7.25. The number of nitrogens with zero attached hydrogens (tertiary/aromatic N) is 3. The molecule has 0 saturated carbocycles. The second kappa shape index (κ2) is 12.3. The van der Waals surface area contributed by atoms with Crippen LogP contribution in [0.15, 0.2) is 180 Å². The maximum absolute atomic E-state index is 6.25. The summed E-state index contributed by atoms with van der Waals surface area (Å²) in [7, 11) is 0. The first-order valence-corrected chi connectivity index (χ1v) is 18.8. The molecule has 0 aliphatic heterocycles. The van der Waals surface area contributed by atoms with E-state index in [-0.39, 0.29) is 0 Å². The monoisotopic (exact) mass is 707 g/mol. The molecule has 0 N–H and O–H groups in total. The van der Waals surface area contributed by atoms with Crippen LogP contribution in [0.2, 0.25) is 0 Å². The van der Waals surface area contributed by atoms with Gasteiger partial charge in [-0.15, -0.1) is 11.3 Å². The normalized spacial score (nSPS) is 11.7. The molecule has 54 heavy (non-hydrogen) atoms. The van der Waals surface area contributed by atoms with Gasteiger partial charge in [0, 0.05) is 47.6 Å². The fraction of sp³-hybridized carbons (Fsp3) is 0. The van der Waals surface area contributed by atoms with E-state index in [1.54, 1.807) is 0 Å². The van der Waals surface area contributed by atoms with Gasteiger partial charge in [0.1, 0.15) is 11.2 Å². The summed E-state index contributed by atoms with van der Waals surface area (Å²) in [5.74, 6) is 1.86. The first kappa shape index (κ1) is 30.7. The van der Waals surface area contributed by atoms with Gasteiger partial charge in [-0.1, -0.05) is 127 Å². The lowest BCUT2D eigenvalue weighted by Gasteiger charge is -2.11. The Kier molecular flexibility index (Phi) is 7.00. The SMILES string of the molecule is c1ccc(-c2ccc(-c3nc(-c4cccc(-c5ccc6sc7ccccc7c6c5)c4)nc(-c4ccc5cc6c(cc5c4)oc4ccccc46)n3)cc2)cc1. The van der Waals surface area contributed by atoms with Crippen LogP contribution < -0.4 is 0 Å². The average molecular weight is 708 g/mol. The van der Waals surface area contributed by atoms with E-state index in [1.165, 1.54) is 25.7 Å². The van der Waals surface area contributed by atoms with E-state index in [4.69, 9.17) is 19.4 Å². The van der Waals surface area contributed by atoms with Crippen LogP contribution in [0, 0.1) is 0 Å². The Balaban J connectivity index is 1.05. The molecule has 0 amide bonds. The van der Waals surface area contributed by atoms with Crippen molar-refractivity contribution in [1.82, 2.24) is 15.0 Å². The lowest BCUT2D eigenvalue weighted by atomic mass is 10.0. The third-order valence-corrected chi connectivity index (χ3v) is 11.5. The summed E-state index contributed by atoms with van der Waals surface area (Å²) >= 11 is 1.83. The van der Waals surface area contributed by atoms with Gasteiger partial charge in [-0.05, 0) is 81.6 Å². The lowest BCUT2D eigenvalue weighted by molar-refractivity contribution is 0.669. The molecule has 11 rings (SSSR count). The Morgan fingerprint density at radius 2 is 0.907 bits per heavy atom. The first-order chi connectivity index (χ1) is 26.7. The summed E-state index contributed by atoms with van der Waals surface area (Å²) in [6.07, 6.45) is 0. The molecule has 0 fully saturated rings. The summed E-state index contributed by atoms with van der Waals surface area (Å²) in [6.45, 7) is 0. The van der Waals surface area contributed by atoms with Gasteiger partial charge in [-0.3, -0.25) is 0 Å². The standard InChI is InChI=1S/C49H29N3OS/c1-2-9-30(10-3-1)31-17-19-32(20-18-31)47-50-48(36-12-8-11-33(25-36)34-23-24-46-42(28-34)40-14-5-7-16-45(40)54-46)52-49(51-47)37-22-21-35-27-41-39-13-4-6-15-43(39)53-44(41)29-38(35)26-37/h1-29H. The molecule has 0 radical (unpaired) electrons. The van der Waals surface area contributed by atoms with E-state index >= 15 is 0 Å². The highest BCUT2D eigenvalue weighted by atomic mass is 32.1. The van der Waals surface area contributed by atoms with Crippen LogP contribution in [0.25, 0.3) is 109 Å². The molecule has 0 spiro atoms. The molecular formula is C49H29N3OS. The van der Waals surface area contributed by atoms with E-state index in [1.807, 2.05) is 29.5 Å². The minimum absolute atomic E-state index is 0.616. The quantitative estimate of drug-likeness (QED) is 0.179. The number of para-hydroxylation sites is 1. The average Bonchev–Trinajstić information content (AvgIpc) is 3.80. The van der Waals surface area contributed by atoms with Crippen molar-refractivity contribution in [3.63, 3.8) is 0 Å². The van der Waals surface area contributed by atoms with Crippen LogP contribution in [0.5, 0.6) is 0 Å². The topological polar surface area (TPSA) is 51.8 Å². The van der Waals surface area contributed by atoms with Crippen molar-refractivity contribution in [2.75, 3.05) is 0 Å². The van der Waals surface area contributed by atoms with Crippen molar-refractivity contribution in [2.45, 2.75) is 0 Å². The number of hydrogen-bond acceptors (Lipinski definition) is 5. The summed E-state index contributed by atoms with van der Waals surface area (Å²) < 4.78 is 8.84. The Labute approximate surface area is 314 Å². The second-order valence-electron chi connectivity index (χ2n) is 13.6. The van der Waals surface area contributed by atoms with Crippen LogP contribution in [0.3, 0.4) is 0 Å². The molecule has 3 heterocycles. The van der Waals surface area contributed by atoms with E-state index in [2.05, 4.69) is 158 Å². The summed E-state index contributed by atoms with van der Waals surface area (Å²) in [6, 6.07) is 61.7. The Bertz CT molecular complexity index is 3220. The molecule has 5 heteroatoms. The third-order valence-electron chi connectivity index (χ3n) is 10.3. The van der Waals surface area contributed by atoms with Crippen molar-refractivity contribution in [1.29, 1.82) is 0 Å². The molecule has 0 bridgehead atoms. The molecule has 0 aliphatic carbocycles. The smallest absolute Gasteiger partial charge is 0.164 e. The van der Waals surface area contributed by atoms with Gasteiger partial charge < -0.3 is 4.42 Å². The largest absolute Gasteiger partial charge is 0.456 e. The minimum Gasteiger partial charge on any atom is -0.456 e. The van der Waals surface area contributed by atoms with Crippen LogP contribution in [0.1, 0.15) is 0 Å². The second-order valence-corrected chi connectivity index (χ2v) is 14.7. The van der Waals surface area contributed by atoms with Gasteiger partial charge in [-0.25, -0.2) is 15.0 Å². The molecule has 8 aromatic carbocycles. The number of benzene rings is 8. The minimum atomic E-state index is 0.616. The number of aromatic nitrogens is 3. The fourth-order valence-corrected chi connectivity index (χ4v) is 8.64. The van der Waals surface area contributed by atoms with E-state index in [0.717, 1.165) is 66.1 Å². The molecule has 0 atom stereocenters. The van der Waals surface area contributed by atoms with Gasteiger partial charge in [0.2, 0.25) is 0 Å². The Hall–Kier alpha value is -6.95. The zero-order valence-corrected chi connectivity index (χ0v) is 29.7. The van der Waals surface area contributed by atoms with Crippen molar-refractivity contribution in [3.05, 3.63) is 176 Å². The Morgan fingerprint density at radius 3 is 1.76 bits per heavy atom. The summed E-state index contributed by atoms with van der Waals surface area (Å²) in [5, 5.41) is 6.99. The molecule has 4 nitrogen and oxygen atoms in total. The highest BCUT2D eigenvalue weighted by Gasteiger charge is 2.16. The first-order valence-electron chi connectivity index (χ1n) is 18.0. The fourth-order valence-electron chi connectivity index (χ4n) is 7.56. The van der Waals surface area contributed by atoms with E-state index in [9.17, 15) is 0 Å². The lowest BCUT2D eigenvalue weighted by Crippen LogP contribution is -2.00. The van der Waals surface area contributed by atoms with Gasteiger partial charge in [0.25, 0.3) is 0 Å².